The average molecular weight is 213 g/mol. The molecule has 0 aromatic rings. The second-order valence-electron chi connectivity index (χ2n) is 2.52. The summed E-state index contributed by atoms with van der Waals surface area (Å²) in [5, 5.41) is 18.9. The molecule has 3 N–H and O–H groups in total. The first-order chi connectivity index (χ1) is 5.93. The van der Waals surface area contributed by atoms with E-state index in [0.717, 1.165) is 0 Å². The van der Waals surface area contributed by atoms with E-state index in [0.29, 0.717) is 0 Å². The van der Waals surface area contributed by atoms with E-state index >= 15 is 0 Å². The number of rotatable bonds is 5. The smallest absolute Gasteiger partial charge is 1.00 e. The summed E-state index contributed by atoms with van der Waals surface area (Å²) in [7, 11) is 0. The van der Waals surface area contributed by atoms with Gasteiger partial charge in [0.15, 0.2) is 0 Å². The van der Waals surface area contributed by atoms with Crippen molar-refractivity contribution in [1.82, 2.24) is 5.32 Å². The van der Waals surface area contributed by atoms with Crippen LogP contribution in [0.2, 0.25) is 0 Å². The van der Waals surface area contributed by atoms with Gasteiger partial charge in [-0.15, -0.1) is 0 Å². The van der Waals surface area contributed by atoms with Gasteiger partial charge in [0, 0.05) is 13.3 Å². The molecule has 0 saturated heterocycles. The third-order valence-corrected chi connectivity index (χ3v) is 1.32. The Labute approximate surface area is 104 Å². The summed E-state index contributed by atoms with van der Waals surface area (Å²) in [6.45, 7) is 1.18. The summed E-state index contributed by atoms with van der Waals surface area (Å²) in [6.07, 6.45) is -0.387. The molecule has 14 heavy (non-hydrogen) atoms. The van der Waals surface area contributed by atoms with Crippen LogP contribution in [0.3, 0.4) is 0 Å². The molecule has 0 aliphatic heterocycles. The summed E-state index contributed by atoms with van der Waals surface area (Å²) in [5.74, 6) is -2.80. The largest absolute Gasteiger partial charge is 1.00 e. The van der Waals surface area contributed by atoms with E-state index in [4.69, 9.17) is 10.2 Å². The number of amides is 1. The van der Waals surface area contributed by atoms with E-state index < -0.39 is 23.9 Å². The van der Waals surface area contributed by atoms with Gasteiger partial charge in [0.1, 0.15) is 6.04 Å². The van der Waals surface area contributed by atoms with Gasteiger partial charge in [-0.2, -0.15) is 0 Å². The first kappa shape index (κ1) is 15.9. The monoisotopic (exact) mass is 213 g/mol. The van der Waals surface area contributed by atoms with Crippen molar-refractivity contribution in [1.29, 1.82) is 0 Å². The van der Waals surface area contributed by atoms with Crippen LogP contribution in [-0.4, -0.2) is 34.1 Å². The molecule has 0 fully saturated rings. The molecule has 0 heterocycles. The van der Waals surface area contributed by atoms with Crippen molar-refractivity contribution in [3.63, 3.8) is 0 Å². The molecule has 0 aromatic carbocycles. The number of carbonyl (C=O) groups excluding carboxylic acids is 1. The molecule has 0 aliphatic rings. The standard InChI is InChI=1S/C7H11NO5.Na.H/c1-4(9)8-5(7(12)13)2-3-6(10)11;;/h5H,2-3H2,1H3,(H,8,9)(H,10,11)(H,12,13);;/q;+1;-1/t5-;;/m0../s1. The quantitative estimate of drug-likeness (QED) is 0.412. The Balaban J connectivity index is -0.000000720. The topological polar surface area (TPSA) is 104 Å². The molecule has 1 amide bonds. The maximum absolute atomic E-state index is 10.5. The Morgan fingerprint density at radius 2 is 1.86 bits per heavy atom. The van der Waals surface area contributed by atoms with Crippen LogP contribution in [0, 0.1) is 0 Å². The first-order valence-corrected chi connectivity index (χ1v) is 3.65. The molecule has 0 saturated carbocycles. The van der Waals surface area contributed by atoms with Gasteiger partial charge < -0.3 is 17.0 Å². The Morgan fingerprint density at radius 1 is 1.36 bits per heavy atom. The number of hydrogen-bond donors (Lipinski definition) is 3. The Kier molecular flexibility index (Phi) is 8.82. The van der Waals surface area contributed by atoms with Crippen LogP contribution in [0.1, 0.15) is 21.2 Å². The van der Waals surface area contributed by atoms with E-state index in [1.807, 2.05) is 0 Å². The van der Waals surface area contributed by atoms with E-state index in [1.54, 1.807) is 0 Å². The third kappa shape index (κ3) is 8.03. The molecule has 0 aromatic heterocycles. The van der Waals surface area contributed by atoms with Gasteiger partial charge in [-0.1, -0.05) is 0 Å². The summed E-state index contributed by atoms with van der Waals surface area (Å²) in [5.41, 5.74) is 0. The Bertz CT molecular complexity index is 235. The van der Waals surface area contributed by atoms with E-state index in [-0.39, 0.29) is 43.8 Å². The summed E-state index contributed by atoms with van der Waals surface area (Å²) >= 11 is 0. The predicted octanol–water partition coefficient (Wildman–Crippen LogP) is -3.44. The normalized spacial score (nSPS) is 10.9. The van der Waals surface area contributed by atoms with Gasteiger partial charge in [0.25, 0.3) is 0 Å². The Morgan fingerprint density at radius 3 is 2.14 bits per heavy atom. The SMILES string of the molecule is CC(=O)N[C@@H](CCC(=O)O)C(=O)O.[H-].[Na+]. The number of carboxylic acids is 2. The average Bonchev–Trinajstić information content (AvgIpc) is 1.96. The molecule has 1 atom stereocenters. The van der Waals surface area contributed by atoms with E-state index in [1.165, 1.54) is 6.92 Å². The van der Waals surface area contributed by atoms with Crippen molar-refractivity contribution in [3.8, 4) is 0 Å². The molecule has 0 radical (unpaired) electrons. The molecule has 0 spiro atoms. The summed E-state index contributed by atoms with van der Waals surface area (Å²) in [4.78, 5) is 31.0. The molecule has 0 rings (SSSR count). The second kappa shape index (κ2) is 7.78. The van der Waals surface area contributed by atoms with Crippen LogP contribution < -0.4 is 34.9 Å². The summed E-state index contributed by atoms with van der Waals surface area (Å²) in [6, 6.07) is -1.12. The molecular formula is C7H12NNaO5. The number of hydrogen-bond acceptors (Lipinski definition) is 3. The van der Waals surface area contributed by atoms with Crippen molar-refractivity contribution in [2.75, 3.05) is 0 Å². The van der Waals surface area contributed by atoms with Gasteiger partial charge in [-0.05, 0) is 6.42 Å². The molecule has 0 aliphatic carbocycles. The molecule has 76 valence electrons. The first-order valence-electron chi connectivity index (χ1n) is 3.65. The maximum Gasteiger partial charge on any atom is 1.00 e. The zero-order chi connectivity index (χ0) is 10.4. The minimum atomic E-state index is -1.23. The predicted molar refractivity (Wildman–Crippen MR) is 43.2 cm³/mol. The van der Waals surface area contributed by atoms with Gasteiger partial charge in [-0.3, -0.25) is 9.59 Å². The van der Waals surface area contributed by atoms with Crippen molar-refractivity contribution >= 4 is 17.8 Å². The molecule has 6 nitrogen and oxygen atoms in total. The summed E-state index contributed by atoms with van der Waals surface area (Å²) < 4.78 is 0. The minimum absolute atomic E-state index is 0. The number of carbonyl (C=O) groups is 3. The van der Waals surface area contributed by atoms with Gasteiger partial charge >= 0.3 is 41.5 Å². The van der Waals surface area contributed by atoms with Gasteiger partial charge in [-0.25, -0.2) is 4.79 Å². The third-order valence-electron chi connectivity index (χ3n) is 1.32. The number of aliphatic carboxylic acids is 2. The Hall–Kier alpha value is -0.590. The zero-order valence-corrected chi connectivity index (χ0v) is 10.1. The van der Waals surface area contributed by atoms with Crippen LogP contribution in [-0.2, 0) is 14.4 Å². The van der Waals surface area contributed by atoms with Crippen LogP contribution in [0.4, 0.5) is 0 Å². The minimum Gasteiger partial charge on any atom is -1.00 e. The fourth-order valence-corrected chi connectivity index (χ4v) is 0.771. The number of nitrogens with one attached hydrogen (secondary N) is 1. The van der Waals surface area contributed by atoms with Crippen LogP contribution in [0.5, 0.6) is 0 Å². The van der Waals surface area contributed by atoms with Crippen LogP contribution in [0.15, 0.2) is 0 Å². The van der Waals surface area contributed by atoms with Crippen LogP contribution >= 0.6 is 0 Å². The molecule has 0 bridgehead atoms. The molecular weight excluding hydrogens is 201 g/mol. The zero-order valence-electron chi connectivity index (χ0n) is 9.11. The van der Waals surface area contributed by atoms with Crippen molar-refractivity contribution in [3.05, 3.63) is 0 Å². The van der Waals surface area contributed by atoms with Gasteiger partial charge in [0.2, 0.25) is 5.91 Å². The van der Waals surface area contributed by atoms with Crippen LogP contribution in [0.25, 0.3) is 0 Å². The van der Waals surface area contributed by atoms with Crippen molar-refractivity contribution in [2.45, 2.75) is 25.8 Å². The fraction of sp³-hybridized carbons (Fsp3) is 0.571. The second-order valence-corrected chi connectivity index (χ2v) is 2.52. The molecule has 0 unspecified atom stereocenters. The maximum atomic E-state index is 10.5. The van der Waals surface area contributed by atoms with Crippen molar-refractivity contribution in [2.24, 2.45) is 0 Å². The molecule has 7 heteroatoms. The van der Waals surface area contributed by atoms with Gasteiger partial charge in [0.05, 0.1) is 0 Å². The van der Waals surface area contributed by atoms with Crippen molar-refractivity contribution < 1.29 is 55.6 Å². The number of carboxylic acid groups (broad SMARTS) is 2. The van der Waals surface area contributed by atoms with E-state index in [9.17, 15) is 14.4 Å². The van der Waals surface area contributed by atoms with E-state index in [2.05, 4.69) is 5.32 Å². The fourth-order valence-electron chi connectivity index (χ4n) is 0.771.